The topological polar surface area (TPSA) is 98.9 Å². The second-order valence-electron chi connectivity index (χ2n) is 4.97. The van der Waals surface area contributed by atoms with Crippen molar-refractivity contribution in [3.05, 3.63) is 47.0 Å². The molecule has 0 atom stereocenters. The van der Waals surface area contributed by atoms with E-state index in [0.717, 1.165) is 4.31 Å². The van der Waals surface area contributed by atoms with Crippen molar-refractivity contribution in [2.75, 3.05) is 18.1 Å². The van der Waals surface area contributed by atoms with Gasteiger partial charge in [-0.3, -0.25) is 4.79 Å². The normalized spacial score (nSPS) is 13.3. The average molecular weight is 369 g/mol. The van der Waals surface area contributed by atoms with Crippen molar-refractivity contribution in [2.45, 2.75) is 4.90 Å². The molecule has 9 heteroatoms. The van der Waals surface area contributed by atoms with Crippen LogP contribution in [0.15, 0.2) is 41.3 Å². The van der Waals surface area contributed by atoms with Gasteiger partial charge in [0, 0.05) is 10.6 Å². The van der Waals surface area contributed by atoms with E-state index in [1.165, 1.54) is 43.5 Å². The average Bonchev–Trinajstić information content (AvgIpc) is 2.98. The number of benzene rings is 2. The molecule has 0 aliphatic carbocycles. The van der Waals surface area contributed by atoms with Gasteiger partial charge in [-0.2, -0.15) is 0 Å². The lowest BCUT2D eigenvalue weighted by molar-refractivity contribution is 0.100. The number of primary amides is 1. The van der Waals surface area contributed by atoms with Gasteiger partial charge in [-0.15, -0.1) is 0 Å². The predicted molar refractivity (Wildman–Crippen MR) is 88.1 cm³/mol. The Morgan fingerprint density at radius 3 is 2.71 bits per heavy atom. The first kappa shape index (κ1) is 16.4. The zero-order valence-electron chi connectivity index (χ0n) is 12.5. The fraction of sp³-hybridized carbons (Fsp3) is 0.133. The van der Waals surface area contributed by atoms with Gasteiger partial charge in [0.1, 0.15) is 16.4 Å². The maximum atomic E-state index is 13.0. The van der Waals surface area contributed by atoms with Crippen molar-refractivity contribution < 1.29 is 22.7 Å². The van der Waals surface area contributed by atoms with Gasteiger partial charge in [0.05, 0.1) is 12.8 Å². The summed E-state index contributed by atoms with van der Waals surface area (Å²) in [6, 6.07) is 8.63. The standard InChI is InChI=1S/C15H13ClN2O5S/c1-22-13-5-3-10(16)7-14(13)24(20,21)18-8-23-12-4-2-9(15(17)19)6-11(12)18/h2-7H,8H2,1H3,(H2,17,19). The zero-order chi connectivity index (χ0) is 17.5. The number of halogens is 1. The summed E-state index contributed by atoms with van der Waals surface area (Å²) in [7, 11) is -2.65. The Kier molecular flexibility index (Phi) is 4.02. The van der Waals surface area contributed by atoms with Gasteiger partial charge in [0.25, 0.3) is 10.0 Å². The smallest absolute Gasteiger partial charge is 0.270 e. The molecule has 7 nitrogen and oxygen atoms in total. The Bertz CT molecular complexity index is 929. The molecule has 0 fully saturated rings. The van der Waals surface area contributed by atoms with Crippen molar-refractivity contribution in [3.8, 4) is 11.5 Å². The van der Waals surface area contributed by atoms with E-state index in [9.17, 15) is 13.2 Å². The highest BCUT2D eigenvalue weighted by molar-refractivity contribution is 7.93. The number of nitrogens with two attached hydrogens (primary N) is 1. The van der Waals surface area contributed by atoms with Crippen molar-refractivity contribution in [2.24, 2.45) is 5.73 Å². The molecular weight excluding hydrogens is 356 g/mol. The third kappa shape index (κ3) is 2.63. The van der Waals surface area contributed by atoms with Gasteiger partial charge >= 0.3 is 0 Å². The minimum Gasteiger partial charge on any atom is -0.495 e. The quantitative estimate of drug-likeness (QED) is 0.889. The van der Waals surface area contributed by atoms with Crippen LogP contribution in [-0.2, 0) is 10.0 Å². The summed E-state index contributed by atoms with van der Waals surface area (Å²) in [5.41, 5.74) is 5.66. The maximum absolute atomic E-state index is 13.0. The monoisotopic (exact) mass is 368 g/mol. The van der Waals surface area contributed by atoms with Gasteiger partial charge in [-0.1, -0.05) is 11.6 Å². The van der Waals surface area contributed by atoms with Crippen LogP contribution in [0.4, 0.5) is 5.69 Å². The second-order valence-corrected chi connectivity index (χ2v) is 7.24. The van der Waals surface area contributed by atoms with Crippen molar-refractivity contribution in [3.63, 3.8) is 0 Å². The molecule has 1 aliphatic heterocycles. The Morgan fingerprint density at radius 1 is 1.29 bits per heavy atom. The summed E-state index contributed by atoms with van der Waals surface area (Å²) < 4.78 is 37.5. The third-order valence-electron chi connectivity index (χ3n) is 3.54. The van der Waals surface area contributed by atoms with Crippen molar-refractivity contribution in [1.29, 1.82) is 0 Å². The molecule has 0 bridgehead atoms. The molecule has 2 aromatic rings. The summed E-state index contributed by atoms with van der Waals surface area (Å²) in [4.78, 5) is 11.2. The lowest BCUT2D eigenvalue weighted by Crippen LogP contribution is -2.30. The summed E-state index contributed by atoms with van der Waals surface area (Å²) >= 11 is 5.92. The lowest BCUT2D eigenvalue weighted by atomic mass is 10.2. The minimum absolute atomic E-state index is 0.0987. The third-order valence-corrected chi connectivity index (χ3v) is 5.54. The van der Waals surface area contributed by atoms with Crippen LogP contribution in [0.2, 0.25) is 5.02 Å². The van der Waals surface area contributed by atoms with Gasteiger partial charge < -0.3 is 15.2 Å². The number of hydrogen-bond acceptors (Lipinski definition) is 5. The number of nitrogens with zero attached hydrogens (tertiary/aromatic N) is 1. The Hall–Kier alpha value is -2.45. The molecular formula is C15H13ClN2O5S. The van der Waals surface area contributed by atoms with Crippen LogP contribution in [0.3, 0.4) is 0 Å². The lowest BCUT2D eigenvalue weighted by Gasteiger charge is -2.19. The molecule has 0 unspecified atom stereocenters. The number of amides is 1. The number of hydrogen-bond donors (Lipinski definition) is 1. The summed E-state index contributed by atoms with van der Waals surface area (Å²) in [6.45, 7) is -0.227. The summed E-state index contributed by atoms with van der Waals surface area (Å²) in [6.07, 6.45) is 0. The number of methoxy groups -OCH3 is 1. The van der Waals surface area contributed by atoms with Gasteiger partial charge in [0.2, 0.25) is 5.91 Å². The molecule has 126 valence electrons. The first-order valence-electron chi connectivity index (χ1n) is 6.77. The van der Waals surface area contributed by atoms with Crippen LogP contribution in [0, 0.1) is 0 Å². The molecule has 1 amide bonds. The Balaban J connectivity index is 2.13. The van der Waals surface area contributed by atoms with E-state index in [1.807, 2.05) is 0 Å². The van der Waals surface area contributed by atoms with Gasteiger partial charge in [0.15, 0.2) is 6.73 Å². The highest BCUT2D eigenvalue weighted by Gasteiger charge is 2.35. The fourth-order valence-corrected chi connectivity index (χ4v) is 4.10. The van der Waals surface area contributed by atoms with Crippen molar-refractivity contribution in [1.82, 2.24) is 0 Å². The molecule has 0 radical (unpaired) electrons. The molecule has 0 aromatic heterocycles. The predicted octanol–water partition coefficient (Wildman–Crippen LogP) is 1.99. The minimum atomic E-state index is -4.01. The number of anilines is 1. The van der Waals surface area contributed by atoms with E-state index in [2.05, 4.69) is 0 Å². The maximum Gasteiger partial charge on any atom is 0.270 e. The fourth-order valence-electron chi connectivity index (χ4n) is 2.36. The summed E-state index contributed by atoms with van der Waals surface area (Å²) in [5, 5.41) is 0.251. The largest absolute Gasteiger partial charge is 0.495 e. The molecule has 1 aliphatic rings. The van der Waals surface area contributed by atoms with Gasteiger partial charge in [-0.05, 0) is 36.4 Å². The van der Waals surface area contributed by atoms with Crippen molar-refractivity contribution >= 4 is 33.2 Å². The van der Waals surface area contributed by atoms with Gasteiger partial charge in [-0.25, -0.2) is 12.7 Å². The Morgan fingerprint density at radius 2 is 2.04 bits per heavy atom. The zero-order valence-corrected chi connectivity index (χ0v) is 14.1. The van der Waals surface area contributed by atoms with Crippen LogP contribution in [-0.4, -0.2) is 28.2 Å². The van der Waals surface area contributed by atoms with Crippen LogP contribution in [0.25, 0.3) is 0 Å². The van der Waals surface area contributed by atoms with Crippen LogP contribution >= 0.6 is 11.6 Å². The molecule has 0 saturated carbocycles. The number of rotatable bonds is 4. The van der Waals surface area contributed by atoms with E-state index < -0.39 is 15.9 Å². The van der Waals surface area contributed by atoms with Crippen LogP contribution in [0.5, 0.6) is 11.5 Å². The molecule has 3 rings (SSSR count). The highest BCUT2D eigenvalue weighted by Crippen LogP contribution is 2.40. The highest BCUT2D eigenvalue weighted by atomic mass is 35.5. The first-order chi connectivity index (χ1) is 11.3. The number of carbonyl (C=O) groups is 1. The van der Waals surface area contributed by atoms with E-state index in [1.54, 1.807) is 0 Å². The summed E-state index contributed by atoms with van der Waals surface area (Å²) in [5.74, 6) is -0.175. The molecule has 1 heterocycles. The van der Waals surface area contributed by atoms with E-state index in [4.69, 9.17) is 26.8 Å². The van der Waals surface area contributed by atoms with E-state index in [0.29, 0.717) is 5.75 Å². The first-order valence-corrected chi connectivity index (χ1v) is 8.59. The van der Waals surface area contributed by atoms with E-state index >= 15 is 0 Å². The Labute approximate surface area is 143 Å². The van der Waals surface area contributed by atoms with E-state index in [-0.39, 0.29) is 33.6 Å². The molecule has 2 N–H and O–H groups in total. The molecule has 0 spiro atoms. The molecule has 24 heavy (non-hydrogen) atoms. The molecule has 2 aromatic carbocycles. The number of sulfonamides is 1. The number of fused-ring (bicyclic) bond motifs is 1. The van der Waals surface area contributed by atoms with Crippen LogP contribution < -0.4 is 19.5 Å². The second kappa shape index (κ2) is 5.88. The van der Waals surface area contributed by atoms with Crippen LogP contribution in [0.1, 0.15) is 10.4 Å². The number of ether oxygens (including phenoxy) is 2. The number of carbonyl (C=O) groups excluding carboxylic acids is 1. The molecule has 0 saturated heterocycles. The SMILES string of the molecule is COc1ccc(Cl)cc1S(=O)(=O)N1COc2ccc(C(N)=O)cc21.